The van der Waals surface area contributed by atoms with Crippen LogP contribution in [0.2, 0.25) is 0 Å². The minimum atomic E-state index is -4.40. The van der Waals surface area contributed by atoms with Crippen LogP contribution in [-0.2, 0) is 11.0 Å². The number of rotatable bonds is 5. The van der Waals surface area contributed by atoms with Gasteiger partial charge in [-0.2, -0.15) is 13.2 Å². The quantitative estimate of drug-likeness (QED) is 0.727. The van der Waals surface area contributed by atoms with E-state index in [1.165, 1.54) is 12.1 Å². The lowest BCUT2D eigenvalue weighted by atomic mass is 10.2. The van der Waals surface area contributed by atoms with Crippen molar-refractivity contribution in [3.05, 3.63) is 78.6 Å². The predicted molar refractivity (Wildman–Crippen MR) is 91.3 cm³/mol. The summed E-state index contributed by atoms with van der Waals surface area (Å²) in [5, 5.41) is 2.49. The molecule has 0 radical (unpaired) electrons. The van der Waals surface area contributed by atoms with Crippen molar-refractivity contribution in [3.63, 3.8) is 0 Å². The highest BCUT2D eigenvalue weighted by Crippen LogP contribution is 2.29. The standard InChI is InChI=1S/C19H15F3N2O2/c20-19(21,22)14-3-5-15(6-4-14)23-18(25)13-26-17-9-7-16(8-10-17)24-11-1-2-12-24/h1-12H,13H2,(H,23,25). The maximum Gasteiger partial charge on any atom is 0.416 e. The predicted octanol–water partition coefficient (Wildman–Crippen LogP) is 4.51. The van der Waals surface area contributed by atoms with Crippen LogP contribution in [0.25, 0.3) is 5.69 Å². The summed E-state index contributed by atoms with van der Waals surface area (Å²) in [6, 6.07) is 15.2. The van der Waals surface area contributed by atoms with Crippen LogP contribution in [0.15, 0.2) is 73.1 Å². The Labute approximate surface area is 147 Å². The number of amides is 1. The first-order valence-electron chi connectivity index (χ1n) is 7.75. The van der Waals surface area contributed by atoms with Crippen LogP contribution in [0.4, 0.5) is 18.9 Å². The summed E-state index contributed by atoms with van der Waals surface area (Å²) in [5.41, 5.74) is 0.459. The molecule has 3 aromatic rings. The van der Waals surface area contributed by atoms with Crippen molar-refractivity contribution >= 4 is 11.6 Å². The maximum atomic E-state index is 12.5. The molecule has 0 saturated carbocycles. The van der Waals surface area contributed by atoms with Gasteiger partial charge in [0.2, 0.25) is 0 Å². The number of alkyl halides is 3. The van der Waals surface area contributed by atoms with E-state index < -0.39 is 17.6 Å². The highest BCUT2D eigenvalue weighted by atomic mass is 19.4. The number of hydrogen-bond donors (Lipinski definition) is 1. The van der Waals surface area contributed by atoms with Crippen molar-refractivity contribution in [2.75, 3.05) is 11.9 Å². The maximum absolute atomic E-state index is 12.5. The molecule has 0 aliphatic heterocycles. The number of hydrogen-bond acceptors (Lipinski definition) is 2. The fourth-order valence-corrected chi connectivity index (χ4v) is 2.31. The largest absolute Gasteiger partial charge is 0.484 e. The van der Waals surface area contributed by atoms with Crippen molar-refractivity contribution in [2.45, 2.75) is 6.18 Å². The lowest BCUT2D eigenvalue weighted by Gasteiger charge is -2.10. The molecule has 1 N–H and O–H groups in total. The monoisotopic (exact) mass is 360 g/mol. The van der Waals surface area contributed by atoms with Crippen LogP contribution >= 0.6 is 0 Å². The minimum Gasteiger partial charge on any atom is -0.484 e. The number of halogens is 3. The Hall–Kier alpha value is -3.22. The van der Waals surface area contributed by atoms with E-state index in [4.69, 9.17) is 4.74 Å². The lowest BCUT2D eigenvalue weighted by Crippen LogP contribution is -2.20. The molecule has 1 amide bonds. The van der Waals surface area contributed by atoms with Crippen LogP contribution in [0, 0.1) is 0 Å². The van der Waals surface area contributed by atoms with E-state index in [0.717, 1.165) is 17.8 Å². The smallest absolute Gasteiger partial charge is 0.416 e. The number of ether oxygens (including phenoxy) is 1. The molecule has 0 unspecified atom stereocenters. The molecule has 7 heteroatoms. The van der Waals surface area contributed by atoms with E-state index in [9.17, 15) is 18.0 Å². The van der Waals surface area contributed by atoms with Gasteiger partial charge in [0, 0.05) is 23.8 Å². The normalized spacial score (nSPS) is 11.2. The van der Waals surface area contributed by atoms with Crippen LogP contribution in [0.3, 0.4) is 0 Å². The van der Waals surface area contributed by atoms with Crippen LogP contribution < -0.4 is 10.1 Å². The Balaban J connectivity index is 1.52. The van der Waals surface area contributed by atoms with E-state index in [1.54, 1.807) is 12.1 Å². The number of carbonyl (C=O) groups is 1. The van der Waals surface area contributed by atoms with E-state index >= 15 is 0 Å². The first-order valence-corrected chi connectivity index (χ1v) is 7.75. The van der Waals surface area contributed by atoms with Gasteiger partial charge in [0.1, 0.15) is 5.75 Å². The molecule has 1 aromatic heterocycles. The van der Waals surface area contributed by atoms with Crippen LogP contribution in [-0.4, -0.2) is 17.1 Å². The Morgan fingerprint density at radius 2 is 1.58 bits per heavy atom. The second kappa shape index (κ2) is 7.35. The van der Waals surface area contributed by atoms with Crippen LogP contribution in [0.1, 0.15) is 5.56 Å². The number of nitrogens with one attached hydrogen (secondary N) is 1. The van der Waals surface area contributed by atoms with Crippen LogP contribution in [0.5, 0.6) is 5.75 Å². The molecule has 26 heavy (non-hydrogen) atoms. The van der Waals surface area contributed by atoms with Crippen molar-refractivity contribution in [1.82, 2.24) is 4.57 Å². The molecule has 0 aliphatic rings. The van der Waals surface area contributed by atoms with Gasteiger partial charge in [-0.15, -0.1) is 0 Å². The molecule has 0 atom stereocenters. The Kier molecular flexibility index (Phi) is 4.97. The molecule has 0 fully saturated rings. The third-order valence-electron chi connectivity index (χ3n) is 3.61. The molecule has 4 nitrogen and oxygen atoms in total. The van der Waals surface area contributed by atoms with Crippen molar-refractivity contribution in [1.29, 1.82) is 0 Å². The van der Waals surface area contributed by atoms with Gasteiger partial charge in [-0.25, -0.2) is 0 Å². The van der Waals surface area contributed by atoms with Crippen molar-refractivity contribution in [3.8, 4) is 11.4 Å². The summed E-state index contributed by atoms with van der Waals surface area (Å²) < 4.78 is 44.8. The summed E-state index contributed by atoms with van der Waals surface area (Å²) in [5.74, 6) is 0.0581. The van der Waals surface area contributed by atoms with Crippen molar-refractivity contribution in [2.24, 2.45) is 0 Å². The fraction of sp³-hybridized carbons (Fsp3) is 0.105. The summed E-state index contributed by atoms with van der Waals surface area (Å²) in [4.78, 5) is 11.9. The van der Waals surface area contributed by atoms with Gasteiger partial charge >= 0.3 is 6.18 Å². The SMILES string of the molecule is O=C(COc1ccc(-n2cccc2)cc1)Nc1ccc(C(F)(F)F)cc1. The average molecular weight is 360 g/mol. The van der Waals surface area contributed by atoms with Gasteiger partial charge in [-0.1, -0.05) is 0 Å². The third kappa shape index (κ3) is 4.44. The highest BCUT2D eigenvalue weighted by Gasteiger charge is 2.29. The lowest BCUT2D eigenvalue weighted by molar-refractivity contribution is -0.137. The molecule has 0 saturated heterocycles. The van der Waals surface area contributed by atoms with Gasteiger partial charge in [-0.3, -0.25) is 4.79 Å². The van der Waals surface area contributed by atoms with Gasteiger partial charge < -0.3 is 14.6 Å². The number of nitrogens with zero attached hydrogens (tertiary/aromatic N) is 1. The van der Waals surface area contributed by atoms with E-state index in [-0.39, 0.29) is 12.3 Å². The Morgan fingerprint density at radius 3 is 2.15 bits per heavy atom. The molecule has 3 rings (SSSR count). The molecular weight excluding hydrogens is 345 g/mol. The van der Waals surface area contributed by atoms with Gasteiger partial charge in [-0.05, 0) is 60.7 Å². The van der Waals surface area contributed by atoms with Gasteiger partial charge in [0.25, 0.3) is 5.91 Å². The zero-order chi connectivity index (χ0) is 18.6. The molecule has 0 bridgehead atoms. The minimum absolute atomic E-state index is 0.246. The zero-order valence-corrected chi connectivity index (χ0v) is 13.5. The van der Waals surface area contributed by atoms with E-state index in [0.29, 0.717) is 5.75 Å². The molecule has 2 aromatic carbocycles. The van der Waals surface area contributed by atoms with E-state index in [1.807, 2.05) is 41.2 Å². The number of benzene rings is 2. The fourth-order valence-electron chi connectivity index (χ4n) is 2.31. The Morgan fingerprint density at radius 1 is 0.962 bits per heavy atom. The zero-order valence-electron chi connectivity index (χ0n) is 13.5. The summed E-state index contributed by atoms with van der Waals surface area (Å²) in [7, 11) is 0. The van der Waals surface area contributed by atoms with Gasteiger partial charge in [0.15, 0.2) is 6.61 Å². The summed E-state index contributed by atoms with van der Waals surface area (Å²) in [6.45, 7) is -0.246. The highest BCUT2D eigenvalue weighted by molar-refractivity contribution is 5.91. The molecule has 0 spiro atoms. The number of anilines is 1. The third-order valence-corrected chi connectivity index (χ3v) is 3.61. The van der Waals surface area contributed by atoms with Crippen molar-refractivity contribution < 1.29 is 22.7 Å². The van der Waals surface area contributed by atoms with Gasteiger partial charge in [0.05, 0.1) is 5.56 Å². The number of aromatic nitrogens is 1. The average Bonchev–Trinajstić information content (AvgIpc) is 3.15. The topological polar surface area (TPSA) is 43.3 Å². The molecule has 134 valence electrons. The molecule has 1 heterocycles. The Bertz CT molecular complexity index is 855. The van der Waals surface area contributed by atoms with E-state index in [2.05, 4.69) is 5.32 Å². The second-order valence-corrected chi connectivity index (χ2v) is 5.50. The summed E-state index contributed by atoms with van der Waals surface area (Å²) in [6.07, 6.45) is -0.584. The first-order chi connectivity index (χ1) is 12.4. The molecule has 0 aliphatic carbocycles. The first kappa shape index (κ1) is 17.6. The summed E-state index contributed by atoms with van der Waals surface area (Å²) >= 11 is 0. The second-order valence-electron chi connectivity index (χ2n) is 5.50. The molecular formula is C19H15F3N2O2. The number of carbonyl (C=O) groups excluding carboxylic acids is 1.